The summed E-state index contributed by atoms with van der Waals surface area (Å²) in [5, 5.41) is 13.4. The van der Waals surface area contributed by atoms with Crippen molar-refractivity contribution in [2.24, 2.45) is 0 Å². The van der Waals surface area contributed by atoms with Gasteiger partial charge in [0.05, 0.1) is 22.4 Å². The number of ether oxygens (including phenoxy) is 1. The molecule has 0 aromatic heterocycles. The summed E-state index contributed by atoms with van der Waals surface area (Å²) in [6, 6.07) is 3.11. The number of aliphatic hydroxyl groups is 1. The number of amides is 1. The predicted octanol–water partition coefficient (Wildman–Crippen LogP) is 2.68. The van der Waals surface area contributed by atoms with Crippen molar-refractivity contribution in [1.82, 2.24) is 10.2 Å². The number of anilines is 1. The van der Waals surface area contributed by atoms with E-state index in [4.69, 9.17) is 22.1 Å². The van der Waals surface area contributed by atoms with Crippen LogP contribution >= 0.6 is 11.6 Å². The van der Waals surface area contributed by atoms with Gasteiger partial charge in [0.2, 0.25) is 0 Å². The number of nitrogen functional groups attached to an aromatic ring is 1. The maximum atomic E-state index is 12.6. The van der Waals surface area contributed by atoms with Crippen molar-refractivity contribution in [2.75, 3.05) is 31.9 Å². The molecular weight excluding hydrogens is 354 g/mol. The number of carbonyl (C=O) groups is 1. The second kappa shape index (κ2) is 10.00. The van der Waals surface area contributed by atoms with Gasteiger partial charge in [0, 0.05) is 19.2 Å². The van der Waals surface area contributed by atoms with Gasteiger partial charge in [-0.15, -0.1) is 0 Å². The van der Waals surface area contributed by atoms with Gasteiger partial charge in [0.25, 0.3) is 5.91 Å². The molecule has 7 heteroatoms. The number of hydrogen-bond acceptors (Lipinski definition) is 5. The van der Waals surface area contributed by atoms with Crippen molar-refractivity contribution < 1.29 is 14.6 Å². The van der Waals surface area contributed by atoms with Crippen LogP contribution in [0.3, 0.4) is 0 Å². The highest BCUT2D eigenvalue weighted by molar-refractivity contribution is 6.33. The largest absolute Gasteiger partial charge is 0.487 e. The van der Waals surface area contributed by atoms with Gasteiger partial charge in [0.1, 0.15) is 11.9 Å². The molecule has 1 aromatic rings. The molecule has 0 bridgehead atoms. The highest BCUT2D eigenvalue weighted by Crippen LogP contribution is 2.32. The minimum atomic E-state index is -0.528. The Labute approximate surface area is 160 Å². The van der Waals surface area contributed by atoms with Gasteiger partial charge in [-0.05, 0) is 38.4 Å². The molecule has 6 nitrogen and oxygen atoms in total. The third kappa shape index (κ3) is 5.50. The maximum absolute atomic E-state index is 12.6. The van der Waals surface area contributed by atoms with Gasteiger partial charge in [-0.3, -0.25) is 4.79 Å². The number of nitrogens with two attached hydrogens (primary N) is 1. The number of aliphatic hydroxyl groups excluding tert-OH is 1. The predicted molar refractivity (Wildman–Crippen MR) is 105 cm³/mol. The SMILES string of the molecule is CCN(CC)CCNC(=O)c1cc(Cl)c(N)cc1OC1CCCC[C@H]1O. The standard InChI is InChI=1S/C19H30ClN3O3/c1-3-23(4-2)10-9-22-19(25)13-11-14(20)15(21)12-18(13)26-17-8-6-5-7-16(17)24/h11-12,16-17,24H,3-10,21H2,1-2H3,(H,22,25)/t16-,17?/m1/s1. The molecule has 4 N–H and O–H groups in total. The molecule has 0 radical (unpaired) electrons. The van der Waals surface area contributed by atoms with Crippen LogP contribution in [0.25, 0.3) is 0 Å². The zero-order chi connectivity index (χ0) is 19.1. The molecule has 1 amide bonds. The first-order valence-electron chi connectivity index (χ1n) is 9.40. The summed E-state index contributed by atoms with van der Waals surface area (Å²) in [7, 11) is 0. The zero-order valence-electron chi connectivity index (χ0n) is 15.6. The Balaban J connectivity index is 2.10. The lowest BCUT2D eigenvalue weighted by atomic mass is 9.94. The van der Waals surface area contributed by atoms with E-state index in [1.54, 1.807) is 6.07 Å². The summed E-state index contributed by atoms with van der Waals surface area (Å²) >= 11 is 6.11. The van der Waals surface area contributed by atoms with Crippen molar-refractivity contribution in [3.05, 3.63) is 22.7 Å². The highest BCUT2D eigenvalue weighted by Gasteiger charge is 2.27. The number of rotatable bonds is 8. The molecule has 1 aliphatic rings. The fourth-order valence-corrected chi connectivity index (χ4v) is 3.35. The number of nitrogens with one attached hydrogen (secondary N) is 1. The summed E-state index contributed by atoms with van der Waals surface area (Å²) in [5.41, 5.74) is 6.59. The molecule has 1 fully saturated rings. The summed E-state index contributed by atoms with van der Waals surface area (Å²) in [6.07, 6.45) is 2.59. The summed E-state index contributed by atoms with van der Waals surface area (Å²) in [5.74, 6) is 0.123. The van der Waals surface area contributed by atoms with E-state index < -0.39 is 6.10 Å². The summed E-state index contributed by atoms with van der Waals surface area (Å²) in [4.78, 5) is 14.9. The van der Waals surface area contributed by atoms with E-state index >= 15 is 0 Å². The second-order valence-electron chi connectivity index (χ2n) is 6.66. The average Bonchev–Trinajstić information content (AvgIpc) is 2.63. The van der Waals surface area contributed by atoms with Crippen LogP contribution in [0.1, 0.15) is 49.9 Å². The summed E-state index contributed by atoms with van der Waals surface area (Å²) in [6.45, 7) is 7.37. The van der Waals surface area contributed by atoms with Crippen molar-refractivity contribution in [2.45, 2.75) is 51.7 Å². The molecule has 1 saturated carbocycles. The van der Waals surface area contributed by atoms with Crippen molar-refractivity contribution in [3.8, 4) is 5.75 Å². The van der Waals surface area contributed by atoms with Crippen molar-refractivity contribution in [3.63, 3.8) is 0 Å². The van der Waals surface area contributed by atoms with Crippen LogP contribution in [0, 0.1) is 0 Å². The quantitative estimate of drug-likeness (QED) is 0.601. The van der Waals surface area contributed by atoms with Crippen LogP contribution in [-0.4, -0.2) is 54.3 Å². The number of benzene rings is 1. The molecule has 0 spiro atoms. The zero-order valence-corrected chi connectivity index (χ0v) is 16.4. The number of carbonyl (C=O) groups excluding carboxylic acids is 1. The minimum absolute atomic E-state index is 0.251. The summed E-state index contributed by atoms with van der Waals surface area (Å²) < 4.78 is 5.97. The number of likely N-dealkylation sites (N-methyl/N-ethyl adjacent to an activating group) is 1. The second-order valence-corrected chi connectivity index (χ2v) is 7.07. The van der Waals surface area contributed by atoms with E-state index in [0.29, 0.717) is 35.0 Å². The monoisotopic (exact) mass is 383 g/mol. The molecule has 26 heavy (non-hydrogen) atoms. The molecule has 1 unspecified atom stereocenters. The Kier molecular flexibility index (Phi) is 8.00. The van der Waals surface area contributed by atoms with Gasteiger partial charge in [-0.2, -0.15) is 0 Å². The van der Waals surface area contributed by atoms with Crippen LogP contribution in [-0.2, 0) is 0 Å². The van der Waals surface area contributed by atoms with Gasteiger partial charge in [-0.1, -0.05) is 31.9 Å². The van der Waals surface area contributed by atoms with Gasteiger partial charge < -0.3 is 25.8 Å². The van der Waals surface area contributed by atoms with E-state index in [0.717, 1.165) is 38.9 Å². The normalized spacial score (nSPS) is 20.2. The first-order chi connectivity index (χ1) is 12.5. The topological polar surface area (TPSA) is 87.8 Å². The minimum Gasteiger partial charge on any atom is -0.487 e. The van der Waals surface area contributed by atoms with E-state index in [9.17, 15) is 9.90 Å². The number of hydrogen-bond donors (Lipinski definition) is 3. The molecule has 1 aliphatic carbocycles. The first kappa shape index (κ1) is 20.8. The van der Waals surface area contributed by atoms with Crippen LogP contribution in [0.2, 0.25) is 5.02 Å². The Morgan fingerprint density at radius 3 is 2.69 bits per heavy atom. The third-order valence-electron chi connectivity index (χ3n) is 4.90. The molecular formula is C19H30ClN3O3. The lowest BCUT2D eigenvalue weighted by Gasteiger charge is -2.29. The highest BCUT2D eigenvalue weighted by atomic mass is 35.5. The Morgan fingerprint density at radius 1 is 1.35 bits per heavy atom. The molecule has 146 valence electrons. The van der Waals surface area contributed by atoms with E-state index in [2.05, 4.69) is 24.1 Å². The Hall–Kier alpha value is -1.50. The van der Waals surface area contributed by atoms with Gasteiger partial charge >= 0.3 is 0 Å². The molecule has 2 atom stereocenters. The average molecular weight is 384 g/mol. The van der Waals surface area contributed by atoms with Crippen LogP contribution in [0.5, 0.6) is 5.75 Å². The van der Waals surface area contributed by atoms with E-state index in [1.807, 2.05) is 0 Å². The van der Waals surface area contributed by atoms with Gasteiger partial charge in [-0.25, -0.2) is 0 Å². The van der Waals surface area contributed by atoms with Crippen LogP contribution in [0.15, 0.2) is 12.1 Å². The Morgan fingerprint density at radius 2 is 2.04 bits per heavy atom. The van der Waals surface area contributed by atoms with Crippen molar-refractivity contribution >= 4 is 23.2 Å². The molecule has 2 rings (SSSR count). The van der Waals surface area contributed by atoms with Gasteiger partial charge in [0.15, 0.2) is 0 Å². The van der Waals surface area contributed by atoms with Crippen molar-refractivity contribution in [1.29, 1.82) is 0 Å². The Bertz CT molecular complexity index is 608. The van der Waals surface area contributed by atoms with E-state index in [1.165, 1.54) is 6.07 Å². The van der Waals surface area contributed by atoms with Crippen LogP contribution < -0.4 is 15.8 Å². The maximum Gasteiger partial charge on any atom is 0.255 e. The molecule has 0 aliphatic heterocycles. The smallest absolute Gasteiger partial charge is 0.255 e. The lowest BCUT2D eigenvalue weighted by Crippen LogP contribution is -2.36. The van der Waals surface area contributed by atoms with Crippen LogP contribution in [0.4, 0.5) is 5.69 Å². The van der Waals surface area contributed by atoms with E-state index in [-0.39, 0.29) is 12.0 Å². The molecule has 0 saturated heterocycles. The first-order valence-corrected chi connectivity index (χ1v) is 9.78. The lowest BCUT2D eigenvalue weighted by molar-refractivity contribution is 0.00645. The fraction of sp³-hybridized carbons (Fsp3) is 0.632. The molecule has 1 aromatic carbocycles. The molecule has 0 heterocycles. The fourth-order valence-electron chi connectivity index (χ4n) is 3.18. The number of halogens is 1. The third-order valence-corrected chi connectivity index (χ3v) is 5.22. The number of nitrogens with zero attached hydrogens (tertiary/aromatic N) is 1.